The first-order valence-electron chi connectivity index (χ1n) is 11.6. The average molecular weight is 466 g/mol. The Morgan fingerprint density at radius 1 is 1.03 bits per heavy atom. The average Bonchev–Trinajstić information content (AvgIpc) is 3.59. The third-order valence-electron chi connectivity index (χ3n) is 6.66. The number of hydrogen-bond donors (Lipinski definition) is 1. The number of carbonyl (C=O) groups excluding carboxylic acids is 1. The van der Waals surface area contributed by atoms with Crippen LogP contribution in [-0.2, 0) is 36.8 Å². The molecule has 34 heavy (non-hydrogen) atoms. The molecule has 0 aliphatic carbocycles. The maximum Gasteiger partial charge on any atom is 0.341 e. The summed E-state index contributed by atoms with van der Waals surface area (Å²) in [4.78, 5) is 28.1. The van der Waals surface area contributed by atoms with Gasteiger partial charge < -0.3 is 24.1 Å². The molecule has 8 heteroatoms. The second-order valence-corrected chi connectivity index (χ2v) is 8.86. The monoisotopic (exact) mass is 465 g/mol. The molecular formula is C26H27NO7. The van der Waals surface area contributed by atoms with Crippen molar-refractivity contribution in [1.82, 2.24) is 0 Å². The number of para-hydroxylation sites is 1. The van der Waals surface area contributed by atoms with Gasteiger partial charge in [-0.25, -0.2) is 14.6 Å². The van der Waals surface area contributed by atoms with Gasteiger partial charge in [-0.15, -0.1) is 0 Å². The maximum atomic E-state index is 12.6. The van der Waals surface area contributed by atoms with E-state index in [1.165, 1.54) is 0 Å². The topological polar surface area (TPSA) is 104 Å². The first kappa shape index (κ1) is 22.4. The van der Waals surface area contributed by atoms with Crippen LogP contribution in [0.15, 0.2) is 59.6 Å². The number of aliphatic imine (C=N–C) groups is 1. The number of hydrogen-bond acceptors (Lipinski definition) is 7. The standard InChI is InChI=1S/C26H27NO7/c28-23(29)15-31-20-9-5-4-8-17(20)12-18-21-10-11-22(34-21)24(18)25-27-19(14-32-25)26(30)33-13-16-6-2-1-3-7-16/h1-9,18-19,21-22,24H,10-15H2,(H,28,29). The van der Waals surface area contributed by atoms with Crippen LogP contribution in [0.5, 0.6) is 5.75 Å². The highest BCUT2D eigenvalue weighted by Gasteiger charge is 2.53. The number of rotatable bonds is 9. The number of carboxylic acids is 1. The van der Waals surface area contributed by atoms with Gasteiger partial charge in [0.05, 0.1) is 18.1 Å². The van der Waals surface area contributed by atoms with Gasteiger partial charge >= 0.3 is 11.9 Å². The zero-order valence-corrected chi connectivity index (χ0v) is 18.7. The highest BCUT2D eigenvalue weighted by Crippen LogP contribution is 2.47. The van der Waals surface area contributed by atoms with Crippen molar-refractivity contribution in [1.29, 1.82) is 0 Å². The molecule has 1 N–H and O–H groups in total. The Hall–Kier alpha value is -3.39. The molecule has 5 unspecified atom stereocenters. The Kier molecular flexibility index (Phi) is 6.49. The first-order chi connectivity index (χ1) is 16.6. The minimum atomic E-state index is -1.02. The van der Waals surface area contributed by atoms with Crippen molar-refractivity contribution in [2.75, 3.05) is 13.2 Å². The predicted octanol–water partition coefficient (Wildman–Crippen LogP) is 3.03. The Morgan fingerprint density at radius 2 is 1.79 bits per heavy atom. The summed E-state index contributed by atoms with van der Waals surface area (Å²) in [5.41, 5.74) is 1.84. The van der Waals surface area contributed by atoms with Crippen molar-refractivity contribution in [2.45, 2.75) is 44.1 Å². The van der Waals surface area contributed by atoms with Crippen molar-refractivity contribution in [3.8, 4) is 5.75 Å². The first-order valence-corrected chi connectivity index (χ1v) is 11.6. The molecule has 3 aliphatic rings. The molecule has 0 amide bonds. The number of esters is 1. The molecule has 3 aliphatic heterocycles. The van der Waals surface area contributed by atoms with E-state index in [0.717, 1.165) is 24.0 Å². The lowest BCUT2D eigenvalue weighted by Gasteiger charge is -2.28. The van der Waals surface area contributed by atoms with Crippen LogP contribution in [0.25, 0.3) is 0 Å². The van der Waals surface area contributed by atoms with Crippen molar-refractivity contribution >= 4 is 17.8 Å². The van der Waals surface area contributed by atoms with Gasteiger partial charge in [0, 0.05) is 5.92 Å². The molecule has 0 aromatic heterocycles. The fourth-order valence-corrected chi connectivity index (χ4v) is 5.10. The molecule has 2 aromatic carbocycles. The number of aliphatic carboxylic acids is 1. The van der Waals surface area contributed by atoms with E-state index in [0.29, 0.717) is 18.1 Å². The van der Waals surface area contributed by atoms with Gasteiger partial charge in [0.15, 0.2) is 18.5 Å². The summed E-state index contributed by atoms with van der Waals surface area (Å²) in [6.07, 6.45) is 2.60. The molecule has 2 aromatic rings. The van der Waals surface area contributed by atoms with Gasteiger partial charge in [0.1, 0.15) is 19.0 Å². The number of benzene rings is 2. The lowest BCUT2D eigenvalue weighted by Crippen LogP contribution is -2.35. The third kappa shape index (κ3) is 4.77. The molecule has 0 radical (unpaired) electrons. The Morgan fingerprint density at radius 3 is 2.62 bits per heavy atom. The highest BCUT2D eigenvalue weighted by molar-refractivity contribution is 5.87. The summed E-state index contributed by atoms with van der Waals surface area (Å²) in [6.45, 7) is -0.0217. The van der Waals surface area contributed by atoms with E-state index in [1.807, 2.05) is 48.5 Å². The molecule has 3 heterocycles. The van der Waals surface area contributed by atoms with Gasteiger partial charge in [0.25, 0.3) is 0 Å². The largest absolute Gasteiger partial charge is 0.482 e. The van der Waals surface area contributed by atoms with Crippen molar-refractivity contribution in [2.24, 2.45) is 16.8 Å². The van der Waals surface area contributed by atoms with Crippen LogP contribution in [0, 0.1) is 11.8 Å². The fourth-order valence-electron chi connectivity index (χ4n) is 5.10. The van der Waals surface area contributed by atoms with Crippen molar-refractivity contribution < 1.29 is 33.6 Å². The minimum absolute atomic E-state index is 0.0000561. The molecule has 2 bridgehead atoms. The molecular weight excluding hydrogens is 438 g/mol. The van der Waals surface area contributed by atoms with Gasteiger partial charge in [-0.2, -0.15) is 0 Å². The molecule has 2 fully saturated rings. The van der Waals surface area contributed by atoms with Crippen LogP contribution in [0.1, 0.15) is 24.0 Å². The molecule has 8 nitrogen and oxygen atoms in total. The van der Waals surface area contributed by atoms with Gasteiger partial charge in [0.2, 0.25) is 0 Å². The summed E-state index contributed by atoms with van der Waals surface area (Å²) in [5, 5.41) is 8.98. The van der Waals surface area contributed by atoms with Crippen LogP contribution < -0.4 is 4.74 Å². The number of nitrogens with zero attached hydrogens (tertiary/aromatic N) is 1. The highest BCUT2D eigenvalue weighted by atomic mass is 16.5. The van der Waals surface area contributed by atoms with E-state index < -0.39 is 24.6 Å². The second-order valence-electron chi connectivity index (χ2n) is 8.86. The van der Waals surface area contributed by atoms with Gasteiger partial charge in [-0.3, -0.25) is 0 Å². The lowest BCUT2D eigenvalue weighted by molar-refractivity contribution is -0.146. The number of ether oxygens (including phenoxy) is 4. The van der Waals surface area contributed by atoms with Crippen molar-refractivity contribution in [3.63, 3.8) is 0 Å². The van der Waals surface area contributed by atoms with Crippen LogP contribution in [0.2, 0.25) is 0 Å². The molecule has 0 saturated carbocycles. The number of carbonyl (C=O) groups is 2. The SMILES string of the molecule is O=C(O)COc1ccccc1CC1C2CCC(O2)C1C1=NC(C(=O)OCc2ccccc2)CO1. The molecule has 5 atom stereocenters. The normalized spacial score (nSPS) is 27.2. The Balaban J connectivity index is 1.27. The van der Waals surface area contributed by atoms with Gasteiger partial charge in [-0.1, -0.05) is 48.5 Å². The smallest absolute Gasteiger partial charge is 0.341 e. The van der Waals surface area contributed by atoms with E-state index >= 15 is 0 Å². The zero-order chi connectivity index (χ0) is 23.5. The second kappa shape index (κ2) is 9.85. The minimum Gasteiger partial charge on any atom is -0.482 e. The summed E-state index contributed by atoms with van der Waals surface area (Å²) in [5.74, 6) is -0.253. The van der Waals surface area contributed by atoms with Crippen molar-refractivity contribution in [3.05, 3.63) is 65.7 Å². The number of carboxylic acid groups (broad SMARTS) is 1. The zero-order valence-electron chi connectivity index (χ0n) is 18.7. The van der Waals surface area contributed by atoms with Crippen LogP contribution in [0.3, 0.4) is 0 Å². The predicted molar refractivity (Wildman–Crippen MR) is 122 cm³/mol. The van der Waals surface area contributed by atoms with E-state index in [-0.39, 0.29) is 37.3 Å². The van der Waals surface area contributed by atoms with E-state index in [4.69, 9.17) is 24.1 Å². The van der Waals surface area contributed by atoms with E-state index in [2.05, 4.69) is 4.99 Å². The third-order valence-corrected chi connectivity index (χ3v) is 6.66. The van der Waals surface area contributed by atoms with Crippen LogP contribution in [0.4, 0.5) is 0 Å². The number of fused-ring (bicyclic) bond motifs is 2. The summed E-state index contributed by atoms with van der Waals surface area (Å²) < 4.78 is 23.1. The molecule has 0 spiro atoms. The van der Waals surface area contributed by atoms with Gasteiger partial charge in [-0.05, 0) is 36.5 Å². The molecule has 178 valence electrons. The summed E-state index contributed by atoms with van der Waals surface area (Å²) in [6, 6.07) is 16.3. The summed E-state index contributed by atoms with van der Waals surface area (Å²) >= 11 is 0. The Bertz CT molecular complexity index is 1070. The Labute approximate surface area is 197 Å². The molecule has 5 rings (SSSR count). The van der Waals surface area contributed by atoms with E-state index in [1.54, 1.807) is 6.07 Å². The molecule has 2 saturated heterocycles. The van der Waals surface area contributed by atoms with Crippen LogP contribution >= 0.6 is 0 Å². The summed E-state index contributed by atoms with van der Waals surface area (Å²) in [7, 11) is 0. The fraction of sp³-hybridized carbons (Fsp3) is 0.423. The quantitative estimate of drug-likeness (QED) is 0.568. The lowest BCUT2D eigenvalue weighted by atomic mass is 9.76. The van der Waals surface area contributed by atoms with E-state index in [9.17, 15) is 9.59 Å². The maximum absolute atomic E-state index is 12.6. The van der Waals surface area contributed by atoms with Crippen LogP contribution in [-0.4, -0.2) is 54.4 Å².